The highest BCUT2D eigenvalue weighted by atomic mass is 16.6. The summed E-state index contributed by atoms with van der Waals surface area (Å²) in [6.07, 6.45) is 1.36. The molecule has 0 spiro atoms. The molecule has 0 atom stereocenters. The molecule has 3 aromatic rings. The molecule has 0 fully saturated rings. The SMILES string of the molecule is CN(c1ccccc1)c1ccc(/C=N\NC(=O)c2ccc(N)cc2)cc1[N+](=O)[O-]. The van der Waals surface area contributed by atoms with Crippen LogP contribution in [0.5, 0.6) is 0 Å². The van der Waals surface area contributed by atoms with Crippen LogP contribution in [-0.4, -0.2) is 24.1 Å². The van der Waals surface area contributed by atoms with Gasteiger partial charge < -0.3 is 10.6 Å². The fourth-order valence-corrected chi connectivity index (χ4v) is 2.71. The summed E-state index contributed by atoms with van der Waals surface area (Å²) in [5, 5.41) is 15.4. The summed E-state index contributed by atoms with van der Waals surface area (Å²) in [6, 6.07) is 20.5. The van der Waals surface area contributed by atoms with Crippen LogP contribution < -0.4 is 16.1 Å². The van der Waals surface area contributed by atoms with Gasteiger partial charge in [-0.25, -0.2) is 5.43 Å². The second-order valence-corrected chi connectivity index (χ2v) is 6.22. The second-order valence-electron chi connectivity index (χ2n) is 6.22. The average molecular weight is 389 g/mol. The first-order chi connectivity index (χ1) is 14.0. The van der Waals surface area contributed by atoms with Crippen LogP contribution in [0.25, 0.3) is 0 Å². The molecular weight excluding hydrogens is 370 g/mol. The van der Waals surface area contributed by atoms with Gasteiger partial charge in [0, 0.05) is 35.6 Å². The minimum absolute atomic E-state index is 0.0647. The zero-order valence-electron chi connectivity index (χ0n) is 15.6. The molecule has 8 nitrogen and oxygen atoms in total. The maximum Gasteiger partial charge on any atom is 0.293 e. The van der Waals surface area contributed by atoms with Crippen LogP contribution in [0.3, 0.4) is 0 Å². The van der Waals surface area contributed by atoms with E-state index in [-0.39, 0.29) is 5.69 Å². The van der Waals surface area contributed by atoms with Gasteiger partial charge in [0.2, 0.25) is 0 Å². The van der Waals surface area contributed by atoms with E-state index in [9.17, 15) is 14.9 Å². The highest BCUT2D eigenvalue weighted by molar-refractivity contribution is 5.95. The van der Waals surface area contributed by atoms with Crippen LogP contribution >= 0.6 is 0 Å². The maximum atomic E-state index is 12.0. The quantitative estimate of drug-likeness (QED) is 0.289. The van der Waals surface area contributed by atoms with Gasteiger partial charge in [-0.2, -0.15) is 5.10 Å². The Hall–Kier alpha value is -4.20. The Morgan fingerprint density at radius 1 is 1.10 bits per heavy atom. The lowest BCUT2D eigenvalue weighted by molar-refractivity contribution is -0.384. The Morgan fingerprint density at radius 3 is 2.45 bits per heavy atom. The monoisotopic (exact) mass is 389 g/mol. The minimum Gasteiger partial charge on any atom is -0.399 e. The number of nitro benzene ring substituents is 1. The van der Waals surface area contributed by atoms with Crippen LogP contribution in [0, 0.1) is 10.1 Å². The number of nitrogen functional groups attached to an aromatic ring is 1. The molecule has 0 saturated heterocycles. The summed E-state index contributed by atoms with van der Waals surface area (Å²) in [4.78, 5) is 24.9. The average Bonchev–Trinajstić information content (AvgIpc) is 2.74. The molecule has 0 aliphatic heterocycles. The van der Waals surface area contributed by atoms with Crippen molar-refractivity contribution >= 4 is 34.9 Å². The largest absolute Gasteiger partial charge is 0.399 e. The third-order valence-electron chi connectivity index (χ3n) is 4.25. The predicted octanol–water partition coefficient (Wildman–Crippen LogP) is 3.71. The zero-order chi connectivity index (χ0) is 20.8. The first-order valence-electron chi connectivity index (χ1n) is 8.72. The van der Waals surface area contributed by atoms with Crippen molar-refractivity contribution < 1.29 is 9.72 Å². The first kappa shape index (κ1) is 19.6. The Balaban J connectivity index is 1.77. The Bertz CT molecular complexity index is 1050. The minimum atomic E-state index is -0.445. The number of nitrogens with zero attached hydrogens (tertiary/aromatic N) is 3. The van der Waals surface area contributed by atoms with Crippen LogP contribution in [0.4, 0.5) is 22.7 Å². The number of nitrogens with two attached hydrogens (primary N) is 1. The van der Waals surface area contributed by atoms with E-state index in [1.165, 1.54) is 12.3 Å². The maximum absolute atomic E-state index is 12.0. The summed E-state index contributed by atoms with van der Waals surface area (Å²) in [5.74, 6) is -0.406. The Morgan fingerprint density at radius 2 is 1.79 bits per heavy atom. The van der Waals surface area contributed by atoms with Gasteiger partial charge in [-0.05, 0) is 42.5 Å². The number of nitrogens with one attached hydrogen (secondary N) is 1. The Labute approximate surface area is 167 Å². The summed E-state index contributed by atoms with van der Waals surface area (Å²) >= 11 is 0. The number of carbonyl (C=O) groups excluding carboxylic acids is 1. The summed E-state index contributed by atoms with van der Waals surface area (Å²) in [5.41, 5.74) is 10.6. The van der Waals surface area contributed by atoms with E-state index in [4.69, 9.17) is 5.73 Å². The van der Waals surface area contributed by atoms with Crippen molar-refractivity contribution in [1.29, 1.82) is 0 Å². The molecular formula is C21H19N5O3. The molecule has 0 radical (unpaired) electrons. The van der Waals surface area contributed by atoms with Gasteiger partial charge in [-0.1, -0.05) is 24.3 Å². The van der Waals surface area contributed by atoms with E-state index >= 15 is 0 Å². The van der Waals surface area contributed by atoms with Gasteiger partial charge in [0.1, 0.15) is 5.69 Å². The molecule has 0 unspecified atom stereocenters. The highest BCUT2D eigenvalue weighted by Gasteiger charge is 2.18. The summed E-state index contributed by atoms with van der Waals surface area (Å²) < 4.78 is 0. The fourth-order valence-electron chi connectivity index (χ4n) is 2.71. The number of benzene rings is 3. The molecule has 0 heterocycles. The number of hydrogen-bond acceptors (Lipinski definition) is 6. The first-order valence-corrected chi connectivity index (χ1v) is 8.72. The molecule has 3 N–H and O–H groups in total. The van der Waals surface area contributed by atoms with Crippen LogP contribution in [0.1, 0.15) is 15.9 Å². The lowest BCUT2D eigenvalue weighted by Gasteiger charge is -2.19. The third-order valence-corrected chi connectivity index (χ3v) is 4.25. The predicted molar refractivity (Wildman–Crippen MR) is 114 cm³/mol. The highest BCUT2D eigenvalue weighted by Crippen LogP contribution is 2.32. The Kier molecular flexibility index (Phi) is 5.84. The van der Waals surface area contributed by atoms with Gasteiger partial charge in [0.25, 0.3) is 11.6 Å². The van der Waals surface area contributed by atoms with Crippen LogP contribution in [0.2, 0.25) is 0 Å². The van der Waals surface area contributed by atoms with E-state index in [1.807, 2.05) is 30.3 Å². The number of amides is 1. The van der Waals surface area contributed by atoms with Crippen molar-refractivity contribution in [3.63, 3.8) is 0 Å². The molecule has 3 rings (SSSR count). The van der Waals surface area contributed by atoms with E-state index in [2.05, 4.69) is 10.5 Å². The number of para-hydroxylation sites is 1. The normalized spacial score (nSPS) is 10.7. The summed E-state index contributed by atoms with van der Waals surface area (Å²) in [6.45, 7) is 0. The molecule has 0 saturated carbocycles. The van der Waals surface area contributed by atoms with Gasteiger partial charge in [0.15, 0.2) is 0 Å². The number of hydrazone groups is 1. The smallest absolute Gasteiger partial charge is 0.293 e. The van der Waals surface area contributed by atoms with Gasteiger partial charge in [-0.3, -0.25) is 14.9 Å². The zero-order valence-corrected chi connectivity index (χ0v) is 15.6. The van der Waals surface area contributed by atoms with Crippen molar-refractivity contribution in [1.82, 2.24) is 5.43 Å². The van der Waals surface area contributed by atoms with Crippen molar-refractivity contribution in [3.8, 4) is 0 Å². The second kappa shape index (κ2) is 8.66. The van der Waals surface area contributed by atoms with Crippen molar-refractivity contribution in [2.75, 3.05) is 17.7 Å². The standard InChI is InChI=1S/C21H19N5O3/c1-25(18-5-3-2-4-6-18)19-12-7-15(13-20(19)26(28)29)14-23-24-21(27)16-8-10-17(22)11-9-16/h2-14H,22H2,1H3,(H,24,27)/b23-14-. The van der Waals surface area contributed by atoms with Gasteiger partial charge >= 0.3 is 0 Å². The number of nitro groups is 1. The van der Waals surface area contributed by atoms with E-state index in [0.717, 1.165) is 5.69 Å². The molecule has 3 aromatic carbocycles. The number of carbonyl (C=O) groups is 1. The number of hydrogen-bond donors (Lipinski definition) is 2. The van der Waals surface area contributed by atoms with Crippen LogP contribution in [-0.2, 0) is 0 Å². The van der Waals surface area contributed by atoms with E-state index < -0.39 is 10.8 Å². The van der Waals surface area contributed by atoms with Crippen molar-refractivity contribution in [2.24, 2.45) is 5.10 Å². The number of anilines is 3. The lowest BCUT2D eigenvalue weighted by atomic mass is 10.1. The molecule has 0 aromatic heterocycles. The molecule has 0 aliphatic carbocycles. The molecule has 8 heteroatoms. The molecule has 146 valence electrons. The topological polar surface area (TPSA) is 114 Å². The van der Waals surface area contributed by atoms with E-state index in [0.29, 0.717) is 22.5 Å². The van der Waals surface area contributed by atoms with Crippen molar-refractivity contribution in [2.45, 2.75) is 0 Å². The molecule has 0 aliphatic rings. The molecule has 0 bridgehead atoms. The van der Waals surface area contributed by atoms with Crippen molar-refractivity contribution in [3.05, 3.63) is 94.0 Å². The number of rotatable bonds is 6. The fraction of sp³-hybridized carbons (Fsp3) is 0.0476. The lowest BCUT2D eigenvalue weighted by Crippen LogP contribution is -2.17. The van der Waals surface area contributed by atoms with Gasteiger partial charge in [0.05, 0.1) is 11.1 Å². The van der Waals surface area contributed by atoms with Gasteiger partial charge in [-0.15, -0.1) is 0 Å². The van der Waals surface area contributed by atoms with Crippen LogP contribution in [0.15, 0.2) is 77.9 Å². The molecule has 29 heavy (non-hydrogen) atoms. The summed E-state index contributed by atoms with van der Waals surface area (Å²) in [7, 11) is 1.76. The van der Waals surface area contributed by atoms with E-state index in [1.54, 1.807) is 48.3 Å². The third kappa shape index (κ3) is 4.75. The molecule has 1 amide bonds.